The van der Waals surface area contributed by atoms with Crippen LogP contribution in [0, 0.1) is 0 Å². The molecule has 0 spiro atoms. The number of pyridine rings is 2. The minimum absolute atomic E-state index is 0.992. The molecule has 0 saturated heterocycles. The average molecular weight is 483 g/mol. The Morgan fingerprint density at radius 1 is 0.395 bits per heavy atom. The second-order valence-corrected chi connectivity index (χ2v) is 9.75. The molecule has 176 valence electrons. The number of aromatic nitrogens is 2. The van der Waals surface area contributed by atoms with Crippen LogP contribution < -0.4 is 0 Å². The van der Waals surface area contributed by atoms with Gasteiger partial charge >= 0.3 is 0 Å². The molecule has 0 unspecified atom stereocenters. The molecule has 0 aliphatic carbocycles. The van der Waals surface area contributed by atoms with Crippen LogP contribution in [0.2, 0.25) is 0 Å². The van der Waals surface area contributed by atoms with Crippen LogP contribution in [0.4, 0.5) is 0 Å². The standard InChI is InChI=1S/C36H22N2/c1-2-11-23(12-3-1)24-20-21-29(26-14-5-4-13-25(24)26)36-34-27-15-6-7-16-28(27)35-31(18-10-22-37-35)33(34)30-17-8-9-19-32(30)38-36/h1-22H. The third-order valence-corrected chi connectivity index (χ3v) is 7.69. The molecule has 0 bridgehead atoms. The highest BCUT2D eigenvalue weighted by atomic mass is 14.7. The van der Waals surface area contributed by atoms with Gasteiger partial charge in [0.2, 0.25) is 0 Å². The Morgan fingerprint density at radius 2 is 1.00 bits per heavy atom. The van der Waals surface area contributed by atoms with Gasteiger partial charge in [-0.1, -0.05) is 115 Å². The fraction of sp³-hybridized carbons (Fsp3) is 0. The number of nitrogens with zero attached hydrogens (tertiary/aromatic N) is 2. The van der Waals surface area contributed by atoms with Gasteiger partial charge < -0.3 is 0 Å². The molecule has 0 fully saturated rings. The van der Waals surface area contributed by atoms with Crippen molar-refractivity contribution in [2.24, 2.45) is 0 Å². The molecule has 2 heterocycles. The molecule has 2 heteroatoms. The summed E-state index contributed by atoms with van der Waals surface area (Å²) in [6.45, 7) is 0. The van der Waals surface area contributed by atoms with E-state index in [1.165, 1.54) is 38.1 Å². The van der Waals surface area contributed by atoms with Gasteiger partial charge in [-0.2, -0.15) is 0 Å². The Balaban J connectivity index is 1.60. The Morgan fingerprint density at radius 3 is 1.82 bits per heavy atom. The second kappa shape index (κ2) is 8.22. The van der Waals surface area contributed by atoms with Crippen molar-refractivity contribution < 1.29 is 0 Å². The molecule has 38 heavy (non-hydrogen) atoms. The summed E-state index contributed by atoms with van der Waals surface area (Å²) in [6.07, 6.45) is 1.89. The van der Waals surface area contributed by atoms with Crippen molar-refractivity contribution in [1.82, 2.24) is 9.97 Å². The van der Waals surface area contributed by atoms with Gasteiger partial charge in [-0.05, 0) is 39.4 Å². The van der Waals surface area contributed by atoms with Crippen molar-refractivity contribution in [3.05, 3.63) is 134 Å². The van der Waals surface area contributed by atoms with E-state index in [1.807, 2.05) is 12.3 Å². The van der Waals surface area contributed by atoms with Gasteiger partial charge in [-0.15, -0.1) is 0 Å². The Hall–Kier alpha value is -5.08. The molecule has 2 aromatic heterocycles. The zero-order valence-electron chi connectivity index (χ0n) is 20.6. The van der Waals surface area contributed by atoms with Gasteiger partial charge in [0.15, 0.2) is 0 Å². The highest BCUT2D eigenvalue weighted by Crippen LogP contribution is 2.44. The zero-order chi connectivity index (χ0) is 25.1. The van der Waals surface area contributed by atoms with Crippen molar-refractivity contribution in [3.8, 4) is 22.4 Å². The van der Waals surface area contributed by atoms with Gasteiger partial charge in [-0.25, -0.2) is 4.98 Å². The van der Waals surface area contributed by atoms with E-state index in [4.69, 9.17) is 9.97 Å². The van der Waals surface area contributed by atoms with Crippen LogP contribution in [-0.4, -0.2) is 9.97 Å². The molecule has 0 aliphatic heterocycles. The number of hydrogen-bond acceptors (Lipinski definition) is 2. The van der Waals surface area contributed by atoms with E-state index >= 15 is 0 Å². The number of para-hydroxylation sites is 1. The molecule has 0 radical (unpaired) electrons. The van der Waals surface area contributed by atoms with E-state index in [2.05, 4.69) is 121 Å². The summed E-state index contributed by atoms with van der Waals surface area (Å²) in [5.74, 6) is 0. The first-order valence-electron chi connectivity index (χ1n) is 12.9. The minimum atomic E-state index is 0.992. The summed E-state index contributed by atoms with van der Waals surface area (Å²) in [6, 6.07) is 45.2. The normalized spacial score (nSPS) is 11.7. The largest absolute Gasteiger partial charge is 0.256 e. The summed E-state index contributed by atoms with van der Waals surface area (Å²) in [5.41, 5.74) is 6.62. The van der Waals surface area contributed by atoms with Crippen LogP contribution in [0.15, 0.2) is 134 Å². The molecule has 8 rings (SSSR count). The van der Waals surface area contributed by atoms with Gasteiger partial charge in [0.1, 0.15) is 0 Å². The first kappa shape index (κ1) is 21.0. The van der Waals surface area contributed by atoms with E-state index in [0.717, 1.165) is 38.4 Å². The van der Waals surface area contributed by atoms with Crippen molar-refractivity contribution in [2.45, 2.75) is 0 Å². The number of benzene rings is 6. The molecule has 2 nitrogen and oxygen atoms in total. The zero-order valence-corrected chi connectivity index (χ0v) is 20.6. The maximum absolute atomic E-state index is 5.36. The van der Waals surface area contributed by atoms with Gasteiger partial charge in [-0.3, -0.25) is 4.98 Å². The average Bonchev–Trinajstić information content (AvgIpc) is 3.00. The first-order valence-corrected chi connectivity index (χ1v) is 12.9. The summed E-state index contributed by atoms with van der Waals surface area (Å²) in [5, 5.41) is 9.46. The topological polar surface area (TPSA) is 25.8 Å². The van der Waals surface area contributed by atoms with Gasteiger partial charge in [0, 0.05) is 38.7 Å². The number of hydrogen-bond donors (Lipinski definition) is 0. The third kappa shape index (κ3) is 3.01. The Bertz CT molecular complexity index is 2180. The highest BCUT2D eigenvalue weighted by molar-refractivity contribution is 6.33. The maximum Gasteiger partial charge on any atom is 0.0800 e. The lowest BCUT2D eigenvalue weighted by Crippen LogP contribution is -1.95. The Kier molecular flexibility index (Phi) is 4.55. The molecule has 0 aliphatic rings. The molecule has 6 aromatic carbocycles. The quantitative estimate of drug-likeness (QED) is 0.229. The molecule has 0 amide bonds. The van der Waals surface area contributed by atoms with Crippen molar-refractivity contribution in [2.75, 3.05) is 0 Å². The van der Waals surface area contributed by atoms with Crippen molar-refractivity contribution >= 4 is 54.1 Å². The molecule has 0 atom stereocenters. The van der Waals surface area contributed by atoms with E-state index < -0.39 is 0 Å². The Labute approximate surface area is 219 Å². The molecular formula is C36H22N2. The van der Waals surface area contributed by atoms with E-state index in [-0.39, 0.29) is 0 Å². The van der Waals surface area contributed by atoms with Crippen LogP contribution in [0.1, 0.15) is 0 Å². The van der Waals surface area contributed by atoms with Crippen LogP contribution in [-0.2, 0) is 0 Å². The third-order valence-electron chi connectivity index (χ3n) is 7.69. The van der Waals surface area contributed by atoms with Crippen molar-refractivity contribution in [1.29, 1.82) is 0 Å². The van der Waals surface area contributed by atoms with Gasteiger partial charge in [0.25, 0.3) is 0 Å². The van der Waals surface area contributed by atoms with E-state index in [1.54, 1.807) is 0 Å². The maximum atomic E-state index is 5.36. The van der Waals surface area contributed by atoms with Gasteiger partial charge in [0.05, 0.1) is 16.7 Å². The van der Waals surface area contributed by atoms with Crippen LogP contribution in [0.25, 0.3) is 76.5 Å². The summed E-state index contributed by atoms with van der Waals surface area (Å²) in [7, 11) is 0. The predicted octanol–water partition coefficient (Wildman–Crippen LogP) is 9.58. The number of rotatable bonds is 2. The molecule has 0 N–H and O–H groups in total. The summed E-state index contributed by atoms with van der Waals surface area (Å²) in [4.78, 5) is 10.2. The van der Waals surface area contributed by atoms with E-state index in [9.17, 15) is 0 Å². The van der Waals surface area contributed by atoms with E-state index in [0.29, 0.717) is 0 Å². The lowest BCUT2D eigenvalue weighted by atomic mass is 9.89. The lowest BCUT2D eigenvalue weighted by Gasteiger charge is -2.17. The minimum Gasteiger partial charge on any atom is -0.256 e. The monoisotopic (exact) mass is 482 g/mol. The van der Waals surface area contributed by atoms with Crippen molar-refractivity contribution in [3.63, 3.8) is 0 Å². The SMILES string of the molecule is c1ccc(-c2ccc(-c3nc4ccccc4c4c5cccnc5c5ccccc5c34)c3ccccc23)cc1. The summed E-state index contributed by atoms with van der Waals surface area (Å²) < 4.78 is 0. The first-order chi connectivity index (χ1) is 18.9. The fourth-order valence-electron chi connectivity index (χ4n) is 6.05. The smallest absolute Gasteiger partial charge is 0.0800 e. The number of fused-ring (bicyclic) bond motifs is 9. The fourth-order valence-corrected chi connectivity index (χ4v) is 6.05. The molecular weight excluding hydrogens is 460 g/mol. The highest BCUT2D eigenvalue weighted by Gasteiger charge is 2.19. The molecule has 8 aromatic rings. The predicted molar refractivity (Wildman–Crippen MR) is 160 cm³/mol. The second-order valence-electron chi connectivity index (χ2n) is 9.75. The van der Waals surface area contributed by atoms with Crippen LogP contribution in [0.3, 0.4) is 0 Å². The molecule has 0 saturated carbocycles. The van der Waals surface area contributed by atoms with Crippen LogP contribution >= 0.6 is 0 Å². The lowest BCUT2D eigenvalue weighted by molar-refractivity contribution is 1.42. The van der Waals surface area contributed by atoms with Crippen LogP contribution in [0.5, 0.6) is 0 Å². The summed E-state index contributed by atoms with van der Waals surface area (Å²) >= 11 is 0.